The first-order chi connectivity index (χ1) is 64.2. The van der Waals surface area contributed by atoms with Crippen LogP contribution in [-0.2, 0) is 262 Å². The maximum Gasteiger partial charge on any atom is 0.181 e. The molecule has 0 saturated carbocycles. The molecule has 9 aromatic carbocycles. The number of hydrogen-bond donors (Lipinski definition) is 2. The number of nitrogens with zero attached hydrogens (tertiary/aromatic N) is 25. The number of imidazole rings is 1. The van der Waals surface area contributed by atoms with E-state index in [9.17, 15) is 0 Å². The number of hydrogen-bond acceptors (Lipinski definition) is 22. The van der Waals surface area contributed by atoms with Crippen LogP contribution in [0.1, 0.15) is 11.1 Å². The molecule has 0 bridgehead atoms. The van der Waals surface area contributed by atoms with Crippen LogP contribution in [0.25, 0.3) is 92.9 Å². The molecule has 20 aromatic rings. The predicted molar refractivity (Wildman–Crippen MR) is 526 cm³/mol. The van der Waals surface area contributed by atoms with Crippen LogP contribution in [0, 0.1) is 51.1 Å². The molecule has 0 unspecified atom stereocenters. The number of allylic oxidation sites excluding steroid dienone is 3. The van der Waals surface area contributed by atoms with E-state index >= 15 is 0 Å². The van der Waals surface area contributed by atoms with E-state index in [1.807, 2.05) is 230 Å². The van der Waals surface area contributed by atoms with Crippen LogP contribution < -0.4 is 0 Å². The third-order valence-electron chi connectivity index (χ3n) is 13.6. The predicted octanol–water partition coefficient (Wildman–Crippen LogP) is 21.9. The van der Waals surface area contributed by atoms with Gasteiger partial charge in [-0.15, -0.1) is 53.8 Å². The monoisotopic (exact) mass is 2430 g/mol. The topological polar surface area (TPSA) is 402 Å². The summed E-state index contributed by atoms with van der Waals surface area (Å²) in [6, 6.07) is 95.2. The third kappa shape index (κ3) is 78.2. The quantitative estimate of drug-likeness (QED) is 0.0356. The number of fused-ring (bicyclic) bond motifs is 6. The van der Waals surface area contributed by atoms with Gasteiger partial charge in [0.1, 0.15) is 11.8 Å². The molecule has 0 spiro atoms. The minimum absolute atomic E-state index is 0. The summed E-state index contributed by atoms with van der Waals surface area (Å²) in [6.07, 6.45) is 41.9. The van der Waals surface area contributed by atoms with Crippen molar-refractivity contribution in [3.05, 3.63) is 511 Å². The SMILES string of the molecule is [CH-]=CC=[CH-].[CH-]=CC=[N-].[CH-]=CN=[CH-].[CH-]=Cc1[c-]cccc1.[CH-]=NC=[N-].[CH-]=NN=[CH-].[N-]=Cc1[c-]cccc1.[N-]=Nc1[c-]cccc1.[Y].[Y].[Y].[Y].[Y].[Y].[Y].[Y].c1ccc2[nH]cnc2c1.c1ccc2cnccc2c1.c1ccc2ncccc2c1.c1ccc2nccnc2c1.c1ccc2ocnc2c1.c1ccc2scnc2c1.c1ccncc1.c1ccnnc1.c1cn[nH]n1.c1cnccn1.c1cncnc1. The molecule has 28 nitrogen and oxygen atoms in total. The Morgan fingerprint density at radius 1 is 0.362 bits per heavy atom. The number of oxazole rings is 1. The number of thiazole rings is 1. The summed E-state index contributed by atoms with van der Waals surface area (Å²) in [5.74, 6) is 0. The first-order valence-corrected chi connectivity index (χ1v) is 38.5. The van der Waals surface area contributed by atoms with Crippen LogP contribution >= 0.6 is 11.3 Å². The molecule has 0 amide bonds. The van der Waals surface area contributed by atoms with Gasteiger partial charge in [0, 0.05) is 360 Å². The molecule has 0 aliphatic heterocycles. The van der Waals surface area contributed by atoms with Crippen LogP contribution in [0.2, 0.25) is 0 Å². The van der Waals surface area contributed by atoms with Crippen LogP contribution in [-0.4, -0.2) is 136 Å². The van der Waals surface area contributed by atoms with Gasteiger partial charge in [-0.05, 0) is 108 Å². The summed E-state index contributed by atoms with van der Waals surface area (Å²) in [5, 5.41) is 51.7. The number of rotatable bonds is 8. The van der Waals surface area contributed by atoms with Crippen molar-refractivity contribution < 1.29 is 266 Å². The van der Waals surface area contributed by atoms with E-state index in [4.69, 9.17) is 45.9 Å². The maximum atomic E-state index is 8.38. The van der Waals surface area contributed by atoms with E-state index in [1.54, 1.807) is 141 Å². The molecule has 2 N–H and O–H groups in total. The van der Waals surface area contributed by atoms with Crippen LogP contribution in [0.15, 0.2) is 457 Å². The van der Waals surface area contributed by atoms with Crippen molar-refractivity contribution in [2.24, 2.45) is 25.3 Å². The summed E-state index contributed by atoms with van der Waals surface area (Å²) in [7, 11) is 0. The van der Waals surface area contributed by atoms with Crippen molar-refractivity contribution in [3.63, 3.8) is 0 Å². The van der Waals surface area contributed by atoms with Crippen molar-refractivity contribution in [3.8, 4) is 0 Å². The summed E-state index contributed by atoms with van der Waals surface area (Å²) in [4.78, 5) is 55.7. The number of pyridine rings is 3. The molecule has 8 radical (unpaired) electrons. The van der Waals surface area contributed by atoms with Crippen LogP contribution in [0.5, 0.6) is 0 Å². The average molecular weight is 2440 g/mol. The number of aliphatic imine (C=N–C) groups is 2. The number of H-pyrrole nitrogens is 2. The van der Waals surface area contributed by atoms with Gasteiger partial charge in [-0.1, -0.05) is 109 Å². The standard InChI is InChI=1S/2C9H7N.C8H6N2.C8H6.C7H6N2.C7H5NO.C7H5NS.C7H5N.C6H4N2.C5H5N.3C4H4N2.C4H4.2C3H3N.C2H3N3.2C2H2N2.8Y/c1-2-6-9-8(4-1)5-3-7-10-9;1-2-4-9-7-10-6-5-8(9)3-1;1-2-4-8-7(3-1)9-5-6-10-8;1-2-8-6-4-3-5-7-8;3*1-2-4-7-6(3-1)8-5-9-7;8-6-7-4-2-1-3-5-7;7-8-6-4-2-1-3-5-6;1-2-4-6-5-3-1;1-2-6-4-3-5-1;1-2-5-4-6-3-1;1-2-4-6-5-3-1;2*1-3-4-2;1-2-3-4;1-2-4-5-3-1;1-4-2-3;1-3-4-2;;;;;;;;/h2*1-7H;1-6H;1-6H;1-5H,(H,8,9);2*1-5H;1-4,6H;1-4H;1-5H;3*1-4H;1-4H;2*1-3H;1-2H,(H,3,4,5);2*1-2H;;;;;;;;/q;;;-2;;;;2*-2;;;;;3*-2;;2*-2;;;;;;;;. The van der Waals surface area contributed by atoms with Gasteiger partial charge < -0.3 is 139 Å². The molecule has 138 heavy (non-hydrogen) atoms. The summed E-state index contributed by atoms with van der Waals surface area (Å²) in [5.41, 5.74) is 20.1. The molecule has 0 atom stereocenters. The zero-order chi connectivity index (χ0) is 93.8. The molecule has 0 saturated heterocycles. The second kappa shape index (κ2) is 108. The Kier molecular flexibility index (Phi) is 110. The van der Waals surface area contributed by atoms with Gasteiger partial charge in [0.2, 0.25) is 0 Å². The van der Waals surface area contributed by atoms with E-state index in [2.05, 4.69) is 204 Å². The molecule has 37 heteroatoms. The van der Waals surface area contributed by atoms with Crippen LogP contribution in [0.4, 0.5) is 5.69 Å². The summed E-state index contributed by atoms with van der Waals surface area (Å²) in [6.45, 7) is 41.4. The van der Waals surface area contributed by atoms with E-state index in [1.165, 1.54) is 51.8 Å². The minimum atomic E-state index is 0. The van der Waals surface area contributed by atoms with Crippen molar-refractivity contribution in [2.75, 3.05) is 0 Å². The summed E-state index contributed by atoms with van der Waals surface area (Å²) >= 11 is 1.68. The Balaban J connectivity index is -0.000000264. The fourth-order valence-corrected chi connectivity index (χ4v) is 8.80. The number of aromatic amines is 2. The zero-order valence-electron chi connectivity index (χ0n) is 74.5. The van der Waals surface area contributed by atoms with Gasteiger partial charge in [-0.25, -0.2) is 37.1 Å². The molecule has 11 aromatic heterocycles. The third-order valence-corrected chi connectivity index (χ3v) is 14.4. The van der Waals surface area contributed by atoms with Gasteiger partial charge >= 0.3 is 0 Å². The van der Waals surface area contributed by atoms with Crippen molar-refractivity contribution in [1.29, 1.82) is 0 Å². The Morgan fingerprint density at radius 2 is 0.826 bits per heavy atom. The number of aromatic nitrogens is 18. The normalized spacial score (nSPS) is 8.06. The first-order valence-electron chi connectivity index (χ1n) is 37.6. The Bertz CT molecular complexity index is 5130. The van der Waals surface area contributed by atoms with Gasteiger partial charge in [0.25, 0.3) is 0 Å². The van der Waals surface area contributed by atoms with Gasteiger partial charge in [0.15, 0.2) is 12.0 Å². The molecule has 676 valence electrons. The molecule has 0 aliphatic carbocycles. The van der Waals surface area contributed by atoms with Gasteiger partial charge in [-0.2, -0.15) is 74.3 Å². The van der Waals surface area contributed by atoms with Crippen LogP contribution in [0.3, 0.4) is 0 Å². The molecule has 11 heterocycles. The summed E-state index contributed by atoms with van der Waals surface area (Å²) < 4.78 is 6.27. The fourth-order valence-electron chi connectivity index (χ4n) is 8.12. The smallest absolute Gasteiger partial charge is 0.181 e. The van der Waals surface area contributed by atoms with Gasteiger partial charge in [0.05, 0.1) is 62.0 Å². The Labute approximate surface area is 1010 Å². The second-order valence-electron chi connectivity index (χ2n) is 22.2. The second-order valence-corrected chi connectivity index (χ2v) is 23.1. The Morgan fingerprint density at radius 3 is 1.20 bits per heavy atom. The number of para-hydroxylation sites is 8. The minimum Gasteiger partial charge on any atom is -0.911 e. The van der Waals surface area contributed by atoms with Gasteiger partial charge in [-0.3, -0.25) is 60.1 Å². The number of nitrogens with one attached hydrogen (secondary N) is 2. The molecular formula is C101H85N27OSY8-16. The molecular weight excluding hydrogens is 2350 g/mol. The van der Waals surface area contributed by atoms with E-state index in [0.29, 0.717) is 17.6 Å². The van der Waals surface area contributed by atoms with E-state index < -0.39 is 0 Å². The molecule has 0 aliphatic rings. The van der Waals surface area contributed by atoms with E-state index in [0.717, 1.165) is 74.5 Å². The van der Waals surface area contributed by atoms with Crippen molar-refractivity contribution >= 4 is 134 Å². The first kappa shape index (κ1) is 141. The van der Waals surface area contributed by atoms with Crippen molar-refractivity contribution in [1.82, 2.24) is 90.4 Å². The Hall–Kier alpha value is -9.68. The molecule has 0 fully saturated rings. The zero-order valence-corrected chi connectivity index (χ0v) is 98.1. The molecule has 20 rings (SSSR count). The average Bonchev–Trinajstić information content (AvgIpc) is 1.05. The van der Waals surface area contributed by atoms with E-state index in [-0.39, 0.29) is 262 Å². The maximum absolute atomic E-state index is 8.38. The van der Waals surface area contributed by atoms with Crippen molar-refractivity contribution in [2.45, 2.75) is 0 Å². The largest absolute Gasteiger partial charge is 0.911 e. The number of benzene rings is 9. The fraction of sp³-hybridized carbons (Fsp3) is 0.